The Balaban J connectivity index is 1.08. The fourth-order valence-corrected chi connectivity index (χ4v) is 3.90. The van der Waals surface area contributed by atoms with Gasteiger partial charge in [0, 0.05) is 31.5 Å². The molecule has 1 atom stereocenters. The average molecular weight is 491 g/mol. The van der Waals surface area contributed by atoms with Gasteiger partial charge in [0.2, 0.25) is 5.95 Å². The topological polar surface area (TPSA) is 127 Å². The second-order valence-corrected chi connectivity index (χ2v) is 8.89. The van der Waals surface area contributed by atoms with Crippen LogP contribution in [0.3, 0.4) is 0 Å². The number of nitrogens with zero attached hydrogens (tertiary/aromatic N) is 7. The van der Waals surface area contributed by atoms with Crippen LogP contribution in [-0.2, 0) is 17.5 Å². The van der Waals surface area contributed by atoms with Crippen molar-refractivity contribution in [3.63, 3.8) is 0 Å². The zero-order valence-electron chi connectivity index (χ0n) is 18.9. The molecular weight excluding hydrogens is 467 g/mol. The van der Waals surface area contributed by atoms with Gasteiger partial charge in [-0.2, -0.15) is 18.3 Å². The quantitative estimate of drug-likeness (QED) is 0.463. The molecule has 1 aliphatic carbocycles. The van der Waals surface area contributed by atoms with Gasteiger partial charge in [-0.05, 0) is 31.2 Å². The van der Waals surface area contributed by atoms with Gasteiger partial charge in [-0.1, -0.05) is 5.21 Å². The minimum absolute atomic E-state index is 0.0857. The van der Waals surface area contributed by atoms with E-state index in [0.29, 0.717) is 17.6 Å². The molecule has 0 bridgehead atoms. The van der Waals surface area contributed by atoms with Crippen LogP contribution in [0.4, 0.5) is 24.8 Å². The van der Waals surface area contributed by atoms with Gasteiger partial charge in [-0.3, -0.25) is 4.79 Å². The van der Waals surface area contributed by atoms with Crippen LogP contribution < -0.4 is 15.8 Å². The van der Waals surface area contributed by atoms with Crippen LogP contribution >= 0.6 is 0 Å². The Hall–Kier alpha value is -3.55. The molecule has 2 aliphatic rings. The summed E-state index contributed by atoms with van der Waals surface area (Å²) in [5.74, 6) is 1.33. The largest absolute Gasteiger partial charge is 0.423 e. The Bertz CT molecular complexity index is 1220. The van der Waals surface area contributed by atoms with Gasteiger partial charge in [0.25, 0.3) is 5.56 Å². The maximum absolute atomic E-state index is 13.2. The first-order valence-electron chi connectivity index (χ1n) is 11.2. The molecule has 1 aliphatic heterocycles. The van der Waals surface area contributed by atoms with E-state index in [2.05, 4.69) is 35.6 Å². The number of hydrogen-bond donors (Lipinski definition) is 2. The molecule has 1 unspecified atom stereocenters. The summed E-state index contributed by atoms with van der Waals surface area (Å²) in [6.07, 6.45) is 4.16. The standard InChI is InChI=1S/C21H24F3N9O2/c1-12(28-17-6-27-30-19(34)18(17)21(22,23)24)10-35-11-15-7-33(31-29-15)16-8-32(9-16)20-25-4-14(5-26-20)13-2-3-13/h4-7,12-13,16H,2-3,8-11H2,1H3,(H2,28,30,34). The molecule has 0 spiro atoms. The van der Waals surface area contributed by atoms with Crippen molar-refractivity contribution in [2.24, 2.45) is 0 Å². The lowest BCUT2D eigenvalue weighted by Crippen LogP contribution is -2.48. The SMILES string of the molecule is CC(COCc1cn(C2CN(c3ncc(C4CC4)cn3)C2)nn1)Nc1cn[nH]c(=O)c1C(F)(F)F. The summed E-state index contributed by atoms with van der Waals surface area (Å²) in [4.78, 5) is 22.6. The number of halogens is 3. The number of nitrogens with one attached hydrogen (secondary N) is 2. The Morgan fingerprint density at radius 3 is 2.66 bits per heavy atom. The second kappa shape index (κ2) is 9.24. The summed E-state index contributed by atoms with van der Waals surface area (Å²) in [6, 6.07) is -0.366. The normalized spacial score (nSPS) is 17.3. The number of anilines is 2. The molecule has 1 saturated carbocycles. The van der Waals surface area contributed by atoms with Crippen molar-refractivity contribution in [2.45, 2.75) is 50.6 Å². The summed E-state index contributed by atoms with van der Waals surface area (Å²) in [6.45, 7) is 3.31. The van der Waals surface area contributed by atoms with Gasteiger partial charge >= 0.3 is 6.18 Å². The first-order valence-corrected chi connectivity index (χ1v) is 11.2. The highest BCUT2D eigenvalue weighted by Crippen LogP contribution is 2.39. The van der Waals surface area contributed by atoms with E-state index in [0.717, 1.165) is 19.3 Å². The van der Waals surface area contributed by atoms with E-state index in [-0.39, 0.29) is 19.3 Å². The second-order valence-electron chi connectivity index (χ2n) is 8.89. The Labute approximate surface area is 197 Å². The highest BCUT2D eigenvalue weighted by Gasteiger charge is 2.37. The molecule has 35 heavy (non-hydrogen) atoms. The third-order valence-electron chi connectivity index (χ3n) is 5.94. The van der Waals surface area contributed by atoms with Crippen LogP contribution in [0.5, 0.6) is 0 Å². The summed E-state index contributed by atoms with van der Waals surface area (Å²) in [5, 5.41) is 16.1. The average Bonchev–Trinajstić information content (AvgIpc) is 3.52. The van der Waals surface area contributed by atoms with Gasteiger partial charge in [0.05, 0.1) is 37.3 Å². The van der Waals surface area contributed by atoms with Gasteiger partial charge < -0.3 is 15.0 Å². The van der Waals surface area contributed by atoms with E-state index < -0.39 is 29.0 Å². The lowest BCUT2D eigenvalue weighted by Gasteiger charge is -2.38. The van der Waals surface area contributed by atoms with Crippen molar-refractivity contribution in [3.8, 4) is 0 Å². The molecular formula is C21H24F3N9O2. The first kappa shape index (κ1) is 23.2. The molecule has 3 aromatic heterocycles. The van der Waals surface area contributed by atoms with E-state index in [4.69, 9.17) is 4.74 Å². The predicted octanol–water partition coefficient (Wildman–Crippen LogP) is 2.13. The number of hydrogen-bond acceptors (Lipinski definition) is 9. The van der Waals surface area contributed by atoms with E-state index in [1.165, 1.54) is 18.4 Å². The number of ether oxygens (including phenoxy) is 1. The van der Waals surface area contributed by atoms with Crippen LogP contribution in [-0.4, -0.2) is 60.9 Å². The fourth-order valence-electron chi connectivity index (χ4n) is 3.90. The third-order valence-corrected chi connectivity index (χ3v) is 5.94. The maximum atomic E-state index is 13.2. The van der Waals surface area contributed by atoms with E-state index in [1.807, 2.05) is 12.4 Å². The Morgan fingerprint density at radius 2 is 1.97 bits per heavy atom. The highest BCUT2D eigenvalue weighted by atomic mass is 19.4. The van der Waals surface area contributed by atoms with Crippen LogP contribution in [0.15, 0.2) is 29.6 Å². The predicted molar refractivity (Wildman–Crippen MR) is 118 cm³/mol. The Kier molecular flexibility index (Phi) is 6.13. The number of aromatic amines is 1. The van der Waals surface area contributed by atoms with Crippen molar-refractivity contribution in [3.05, 3.63) is 52.0 Å². The first-order chi connectivity index (χ1) is 16.8. The van der Waals surface area contributed by atoms with Gasteiger partial charge in [-0.25, -0.2) is 19.7 Å². The maximum Gasteiger partial charge on any atom is 0.423 e. The molecule has 2 N–H and O–H groups in total. The minimum Gasteiger partial charge on any atom is -0.378 e. The van der Waals surface area contributed by atoms with Crippen molar-refractivity contribution >= 4 is 11.6 Å². The molecule has 0 aromatic carbocycles. The Morgan fingerprint density at radius 1 is 1.23 bits per heavy atom. The molecule has 14 heteroatoms. The van der Waals surface area contributed by atoms with Crippen molar-refractivity contribution in [1.82, 2.24) is 35.2 Å². The smallest absolute Gasteiger partial charge is 0.378 e. The van der Waals surface area contributed by atoms with E-state index in [9.17, 15) is 18.0 Å². The van der Waals surface area contributed by atoms with Crippen LogP contribution in [0.2, 0.25) is 0 Å². The van der Waals surface area contributed by atoms with E-state index in [1.54, 1.807) is 22.9 Å². The lowest BCUT2D eigenvalue weighted by molar-refractivity contribution is -0.138. The van der Waals surface area contributed by atoms with E-state index >= 15 is 0 Å². The van der Waals surface area contributed by atoms with Crippen LogP contribution in [0.1, 0.15) is 48.5 Å². The highest BCUT2D eigenvalue weighted by molar-refractivity contribution is 5.50. The molecule has 5 rings (SSSR count). The zero-order chi connectivity index (χ0) is 24.6. The molecule has 186 valence electrons. The van der Waals surface area contributed by atoms with Gasteiger partial charge in [0.15, 0.2) is 0 Å². The number of H-pyrrole nitrogens is 1. The fraction of sp³-hybridized carbons (Fsp3) is 0.524. The van der Waals surface area contributed by atoms with Crippen molar-refractivity contribution in [2.75, 3.05) is 29.9 Å². The van der Waals surface area contributed by atoms with Crippen LogP contribution in [0, 0.1) is 0 Å². The number of aromatic nitrogens is 7. The van der Waals surface area contributed by atoms with Crippen LogP contribution in [0.25, 0.3) is 0 Å². The monoisotopic (exact) mass is 491 g/mol. The summed E-state index contributed by atoms with van der Waals surface area (Å²) in [5.41, 5.74) is -1.21. The molecule has 3 aromatic rings. The summed E-state index contributed by atoms with van der Waals surface area (Å²) in [7, 11) is 0. The van der Waals surface area contributed by atoms with Gasteiger partial charge in [-0.15, -0.1) is 5.10 Å². The van der Waals surface area contributed by atoms with Crippen molar-refractivity contribution < 1.29 is 17.9 Å². The number of rotatable bonds is 9. The molecule has 4 heterocycles. The minimum atomic E-state index is -4.80. The third kappa shape index (κ3) is 5.26. The zero-order valence-corrected chi connectivity index (χ0v) is 18.9. The molecule has 2 fully saturated rings. The lowest BCUT2D eigenvalue weighted by atomic mass is 10.1. The summed E-state index contributed by atoms with van der Waals surface area (Å²) < 4.78 is 46.8. The molecule has 0 radical (unpaired) electrons. The molecule has 1 saturated heterocycles. The summed E-state index contributed by atoms with van der Waals surface area (Å²) >= 11 is 0. The number of alkyl halides is 3. The molecule has 0 amide bonds. The molecule has 11 nitrogen and oxygen atoms in total. The van der Waals surface area contributed by atoms with Crippen molar-refractivity contribution in [1.29, 1.82) is 0 Å². The van der Waals surface area contributed by atoms with Gasteiger partial charge in [0.1, 0.15) is 11.3 Å².